The van der Waals surface area contributed by atoms with Gasteiger partial charge in [0.2, 0.25) is 0 Å². The van der Waals surface area contributed by atoms with Crippen molar-refractivity contribution in [3.63, 3.8) is 0 Å². The highest BCUT2D eigenvalue weighted by Crippen LogP contribution is 2.36. The lowest BCUT2D eigenvalue weighted by Gasteiger charge is -2.07. The average molecular weight is 568 g/mol. The number of hydrogen-bond acceptors (Lipinski definition) is 5. The molecule has 0 aliphatic rings. The summed E-state index contributed by atoms with van der Waals surface area (Å²) in [7, 11) is 1.59. The van der Waals surface area contributed by atoms with E-state index in [2.05, 4.69) is 31.4 Å². The van der Waals surface area contributed by atoms with E-state index in [1.165, 1.54) is 6.21 Å². The van der Waals surface area contributed by atoms with E-state index in [1.54, 1.807) is 55.6 Å². The number of hydrazone groups is 1. The van der Waals surface area contributed by atoms with Gasteiger partial charge in [-0.15, -0.1) is 0 Å². The minimum atomic E-state index is -0.498. The number of esters is 1. The van der Waals surface area contributed by atoms with Crippen LogP contribution in [0.2, 0.25) is 0 Å². The van der Waals surface area contributed by atoms with E-state index >= 15 is 0 Å². The van der Waals surface area contributed by atoms with Gasteiger partial charge in [-0.2, -0.15) is 5.10 Å². The van der Waals surface area contributed by atoms with Crippen LogP contribution in [0.1, 0.15) is 26.4 Å². The van der Waals surface area contributed by atoms with Gasteiger partial charge in [-0.3, -0.25) is 4.79 Å². The smallest absolute Gasteiger partial charge is 0.343 e. The number of rotatable bonds is 7. The zero-order valence-corrected chi connectivity index (χ0v) is 21.9. The molecule has 5 aromatic rings. The quantitative estimate of drug-likeness (QED) is 0.100. The van der Waals surface area contributed by atoms with E-state index in [4.69, 9.17) is 9.47 Å². The number of nitrogens with one attached hydrogen (secondary N) is 2. The van der Waals surface area contributed by atoms with E-state index in [-0.39, 0.29) is 0 Å². The first-order valence-corrected chi connectivity index (χ1v) is 12.5. The van der Waals surface area contributed by atoms with Crippen molar-refractivity contribution in [3.05, 3.63) is 118 Å². The Hall–Kier alpha value is -4.69. The van der Waals surface area contributed by atoms with E-state index in [1.807, 2.05) is 48.5 Å². The summed E-state index contributed by atoms with van der Waals surface area (Å²) in [6.07, 6.45) is 1.44. The Morgan fingerprint density at radius 2 is 1.58 bits per heavy atom. The van der Waals surface area contributed by atoms with Crippen molar-refractivity contribution in [2.75, 3.05) is 7.11 Å². The molecule has 188 valence electrons. The van der Waals surface area contributed by atoms with E-state index in [0.717, 1.165) is 21.0 Å². The number of halogens is 1. The number of nitrogens with zero attached hydrogens (tertiary/aromatic N) is 1. The van der Waals surface area contributed by atoms with Gasteiger partial charge in [0.15, 0.2) is 0 Å². The summed E-state index contributed by atoms with van der Waals surface area (Å²) in [5.74, 6) is 0.0205. The van der Waals surface area contributed by atoms with Gasteiger partial charge in [-0.05, 0) is 48.0 Å². The van der Waals surface area contributed by atoms with Crippen molar-refractivity contribution in [1.82, 2.24) is 10.4 Å². The molecule has 38 heavy (non-hydrogen) atoms. The van der Waals surface area contributed by atoms with Crippen LogP contribution in [0.15, 0.2) is 107 Å². The van der Waals surface area contributed by atoms with Crippen molar-refractivity contribution in [3.8, 4) is 22.6 Å². The zero-order valence-electron chi connectivity index (χ0n) is 20.3. The second-order valence-electron chi connectivity index (χ2n) is 8.26. The number of para-hydroxylation sites is 2. The van der Waals surface area contributed by atoms with E-state index < -0.39 is 11.9 Å². The molecule has 8 heteroatoms. The molecule has 4 aromatic carbocycles. The lowest BCUT2D eigenvalue weighted by atomic mass is 10.0. The molecule has 0 bridgehead atoms. The van der Waals surface area contributed by atoms with Gasteiger partial charge in [0.25, 0.3) is 5.91 Å². The summed E-state index contributed by atoms with van der Waals surface area (Å²) in [4.78, 5) is 29.1. The Balaban J connectivity index is 1.40. The second-order valence-corrected chi connectivity index (χ2v) is 9.17. The van der Waals surface area contributed by atoms with Crippen molar-refractivity contribution in [2.24, 2.45) is 5.10 Å². The minimum Gasteiger partial charge on any atom is -0.495 e. The highest BCUT2D eigenvalue weighted by atomic mass is 79.9. The molecule has 1 heterocycles. The number of H-pyrrole nitrogens is 1. The number of aromatic amines is 1. The highest BCUT2D eigenvalue weighted by molar-refractivity contribution is 9.10. The summed E-state index contributed by atoms with van der Waals surface area (Å²) < 4.78 is 11.9. The fourth-order valence-electron chi connectivity index (χ4n) is 4.08. The maximum atomic E-state index is 13.3. The molecular weight excluding hydrogens is 546 g/mol. The van der Waals surface area contributed by atoms with Crippen LogP contribution in [0.25, 0.3) is 22.0 Å². The van der Waals surface area contributed by atoms with Crippen LogP contribution in [-0.4, -0.2) is 30.2 Å². The number of methoxy groups -OCH3 is 1. The molecule has 5 rings (SSSR count). The maximum absolute atomic E-state index is 13.3. The van der Waals surface area contributed by atoms with Crippen molar-refractivity contribution < 1.29 is 19.1 Å². The molecule has 0 radical (unpaired) electrons. The van der Waals surface area contributed by atoms with Crippen molar-refractivity contribution in [2.45, 2.75) is 0 Å². The molecule has 0 atom stereocenters. The molecule has 0 aliphatic carbocycles. The number of carbonyl (C=O) groups is 2. The summed E-state index contributed by atoms with van der Waals surface area (Å²) in [6, 6.07) is 29.1. The van der Waals surface area contributed by atoms with Gasteiger partial charge in [-0.25, -0.2) is 10.2 Å². The molecule has 2 N–H and O–H groups in total. The van der Waals surface area contributed by atoms with Gasteiger partial charge in [-0.1, -0.05) is 70.5 Å². The normalized spacial score (nSPS) is 11.0. The number of aromatic nitrogens is 1. The average Bonchev–Trinajstić information content (AvgIpc) is 3.35. The molecule has 0 fully saturated rings. The zero-order chi connectivity index (χ0) is 26.5. The molecular formula is C30H22BrN3O4. The summed E-state index contributed by atoms with van der Waals surface area (Å²) in [6.45, 7) is 0. The lowest BCUT2D eigenvalue weighted by molar-refractivity contribution is 0.0734. The SMILES string of the molecule is COc1cccc2c(-c3ccccc3)c(C(=O)NN=Cc3ccccc3OC(=O)c3ccc(Br)cc3)[nH]c12. The summed E-state index contributed by atoms with van der Waals surface area (Å²) in [5, 5.41) is 5.00. The van der Waals surface area contributed by atoms with Gasteiger partial charge in [0.05, 0.1) is 24.4 Å². The van der Waals surface area contributed by atoms with Crippen LogP contribution in [0, 0.1) is 0 Å². The Morgan fingerprint density at radius 1 is 0.868 bits per heavy atom. The summed E-state index contributed by atoms with van der Waals surface area (Å²) >= 11 is 3.35. The molecule has 0 saturated carbocycles. The van der Waals surface area contributed by atoms with E-state index in [9.17, 15) is 9.59 Å². The number of hydrogen-bond donors (Lipinski definition) is 2. The Bertz CT molecular complexity index is 1640. The first-order valence-electron chi connectivity index (χ1n) is 11.7. The van der Waals surface area contributed by atoms with Crippen LogP contribution >= 0.6 is 15.9 Å². The Kier molecular flexibility index (Phi) is 7.33. The standard InChI is InChI=1S/C30H22BrN3O4/c1-37-25-13-7-11-23-26(19-8-3-2-4-9-19)28(33-27(23)25)29(35)34-32-18-21-10-5-6-12-24(21)38-30(36)20-14-16-22(31)17-15-20/h2-18,33H,1H3,(H,34,35). The van der Waals surface area contributed by atoms with Gasteiger partial charge < -0.3 is 14.5 Å². The van der Waals surface area contributed by atoms with Crippen LogP contribution in [-0.2, 0) is 0 Å². The molecule has 1 aromatic heterocycles. The molecule has 0 unspecified atom stereocenters. The first kappa shape index (κ1) is 25.0. The van der Waals surface area contributed by atoms with Crippen LogP contribution in [0.3, 0.4) is 0 Å². The number of ether oxygens (including phenoxy) is 2. The van der Waals surface area contributed by atoms with Crippen LogP contribution in [0.4, 0.5) is 0 Å². The predicted molar refractivity (Wildman–Crippen MR) is 151 cm³/mol. The minimum absolute atomic E-state index is 0.318. The summed E-state index contributed by atoms with van der Waals surface area (Å²) in [5.41, 5.74) is 6.22. The van der Waals surface area contributed by atoms with Gasteiger partial charge >= 0.3 is 5.97 Å². The topological polar surface area (TPSA) is 92.8 Å². The highest BCUT2D eigenvalue weighted by Gasteiger charge is 2.21. The van der Waals surface area contributed by atoms with Gasteiger partial charge in [0.1, 0.15) is 17.2 Å². The third-order valence-corrected chi connectivity index (χ3v) is 6.40. The number of benzene rings is 4. The second kappa shape index (κ2) is 11.1. The fourth-order valence-corrected chi connectivity index (χ4v) is 4.34. The Labute approximate surface area is 227 Å². The first-order chi connectivity index (χ1) is 18.5. The maximum Gasteiger partial charge on any atom is 0.343 e. The molecule has 1 amide bonds. The lowest BCUT2D eigenvalue weighted by Crippen LogP contribution is -2.19. The van der Waals surface area contributed by atoms with Crippen molar-refractivity contribution >= 4 is 44.9 Å². The van der Waals surface area contributed by atoms with Crippen LogP contribution in [0.5, 0.6) is 11.5 Å². The number of amides is 1. The third-order valence-electron chi connectivity index (χ3n) is 5.88. The third kappa shape index (κ3) is 5.21. The molecule has 0 saturated heterocycles. The molecule has 0 spiro atoms. The molecule has 0 aliphatic heterocycles. The van der Waals surface area contributed by atoms with Crippen molar-refractivity contribution in [1.29, 1.82) is 0 Å². The number of carbonyl (C=O) groups excluding carboxylic acids is 2. The fraction of sp³-hybridized carbons (Fsp3) is 0.0333. The largest absolute Gasteiger partial charge is 0.495 e. The van der Waals surface area contributed by atoms with Gasteiger partial charge in [0, 0.05) is 21.0 Å². The monoisotopic (exact) mass is 567 g/mol. The van der Waals surface area contributed by atoms with Crippen LogP contribution < -0.4 is 14.9 Å². The van der Waals surface area contributed by atoms with E-state index in [0.29, 0.717) is 33.8 Å². The predicted octanol–water partition coefficient (Wildman–Crippen LogP) is 6.59. The molecule has 7 nitrogen and oxygen atoms in total. The Morgan fingerprint density at radius 3 is 2.34 bits per heavy atom. The number of fused-ring (bicyclic) bond motifs is 1.